The van der Waals surface area contributed by atoms with Crippen LogP contribution in [0.3, 0.4) is 0 Å². The maximum atomic E-state index is 10.6. The van der Waals surface area contributed by atoms with Gasteiger partial charge in [-0.1, -0.05) is 0 Å². The van der Waals surface area contributed by atoms with Crippen molar-refractivity contribution in [1.29, 1.82) is 0 Å². The zero-order valence-corrected chi connectivity index (χ0v) is 9.55. The van der Waals surface area contributed by atoms with Gasteiger partial charge in [0.05, 0.1) is 18.1 Å². The molecule has 0 saturated carbocycles. The van der Waals surface area contributed by atoms with E-state index in [-0.39, 0.29) is 0 Å². The Morgan fingerprint density at radius 2 is 2.40 bits per heavy atom. The predicted octanol–water partition coefficient (Wildman–Crippen LogP) is 1.02. The Bertz CT molecular complexity index is 325. The maximum absolute atomic E-state index is 10.6. The van der Waals surface area contributed by atoms with Gasteiger partial charge in [0, 0.05) is 0 Å². The van der Waals surface area contributed by atoms with Crippen LogP contribution < -0.4 is 11.5 Å². The monoisotopic (exact) mass is 228 g/mol. The molecule has 1 aromatic heterocycles. The van der Waals surface area contributed by atoms with Crippen LogP contribution in [-0.4, -0.2) is 17.7 Å². The smallest absolute Gasteiger partial charge is 0.234 e. The fraction of sp³-hybridized carbons (Fsp3) is 0.500. The summed E-state index contributed by atoms with van der Waals surface area (Å²) in [7, 11) is 0. The first-order valence-corrected chi connectivity index (χ1v) is 5.92. The third-order valence-corrected chi connectivity index (χ3v) is 3.13. The van der Waals surface area contributed by atoms with Crippen molar-refractivity contribution in [3.8, 4) is 0 Å². The predicted molar refractivity (Wildman–Crippen MR) is 61.4 cm³/mol. The fourth-order valence-corrected chi connectivity index (χ4v) is 2.12. The molecule has 1 unspecified atom stereocenters. The van der Waals surface area contributed by atoms with Gasteiger partial charge in [-0.15, -0.1) is 0 Å². The summed E-state index contributed by atoms with van der Waals surface area (Å²) in [5.74, 6) is 2.16. The van der Waals surface area contributed by atoms with Gasteiger partial charge in [-0.25, -0.2) is 0 Å². The number of rotatable bonds is 6. The molecular formula is C10H16N2O2S. The molecule has 15 heavy (non-hydrogen) atoms. The average Bonchev–Trinajstić information content (AvgIpc) is 2.58. The van der Waals surface area contributed by atoms with Crippen molar-refractivity contribution in [2.45, 2.75) is 25.1 Å². The molecule has 0 aromatic carbocycles. The van der Waals surface area contributed by atoms with Crippen LogP contribution in [0.25, 0.3) is 0 Å². The van der Waals surface area contributed by atoms with Crippen molar-refractivity contribution in [1.82, 2.24) is 0 Å². The Balaban J connectivity index is 2.17. The molecular weight excluding hydrogens is 212 g/mol. The number of hydrogen-bond acceptors (Lipinski definition) is 4. The standard InChI is InChI=1S/C10H16N2O2S/c1-7-2-4-14-9(7)6-15-5-3-8(11)10(12)13/h2,4,8H,3,5-6,11H2,1H3,(H2,12,13). The number of thioether (sulfide) groups is 1. The Kier molecular flexibility index (Phi) is 4.71. The number of hydrogen-bond donors (Lipinski definition) is 2. The second kappa shape index (κ2) is 5.82. The van der Waals surface area contributed by atoms with Gasteiger partial charge < -0.3 is 15.9 Å². The number of furan rings is 1. The minimum Gasteiger partial charge on any atom is -0.468 e. The third-order valence-electron chi connectivity index (χ3n) is 2.14. The van der Waals surface area contributed by atoms with E-state index in [2.05, 4.69) is 0 Å². The van der Waals surface area contributed by atoms with Crippen LogP contribution in [0.1, 0.15) is 17.7 Å². The van der Waals surface area contributed by atoms with Gasteiger partial charge >= 0.3 is 0 Å². The highest BCUT2D eigenvalue weighted by Crippen LogP contribution is 2.17. The molecule has 4 nitrogen and oxygen atoms in total. The number of carbonyl (C=O) groups is 1. The lowest BCUT2D eigenvalue weighted by atomic mass is 10.2. The molecule has 5 heteroatoms. The second-order valence-corrected chi connectivity index (χ2v) is 4.48. The minimum atomic E-state index is -0.532. The molecule has 4 N–H and O–H groups in total. The number of nitrogens with two attached hydrogens (primary N) is 2. The van der Waals surface area contributed by atoms with Crippen LogP contribution in [-0.2, 0) is 10.5 Å². The van der Waals surface area contributed by atoms with E-state index in [1.807, 2.05) is 13.0 Å². The highest BCUT2D eigenvalue weighted by Gasteiger charge is 2.08. The molecule has 1 atom stereocenters. The SMILES string of the molecule is Cc1ccoc1CSCCC(N)C(N)=O. The van der Waals surface area contributed by atoms with Crippen LogP contribution >= 0.6 is 11.8 Å². The van der Waals surface area contributed by atoms with Crippen molar-refractivity contribution in [2.75, 3.05) is 5.75 Å². The normalized spacial score (nSPS) is 12.7. The zero-order chi connectivity index (χ0) is 11.3. The number of amides is 1. The van der Waals surface area contributed by atoms with Crippen LogP contribution in [0, 0.1) is 6.92 Å². The quantitative estimate of drug-likeness (QED) is 0.712. The topological polar surface area (TPSA) is 82.2 Å². The summed E-state index contributed by atoms with van der Waals surface area (Å²) in [6.07, 6.45) is 2.29. The Labute approximate surface area is 93.4 Å². The number of carbonyl (C=O) groups excluding carboxylic acids is 1. The van der Waals surface area contributed by atoms with Crippen molar-refractivity contribution in [3.63, 3.8) is 0 Å². The van der Waals surface area contributed by atoms with Crippen molar-refractivity contribution in [2.24, 2.45) is 11.5 Å². The van der Waals surface area contributed by atoms with Crippen LogP contribution in [0.2, 0.25) is 0 Å². The van der Waals surface area contributed by atoms with E-state index in [1.165, 1.54) is 0 Å². The van der Waals surface area contributed by atoms with Gasteiger partial charge in [-0.2, -0.15) is 11.8 Å². The van der Waals surface area contributed by atoms with Crippen molar-refractivity contribution < 1.29 is 9.21 Å². The largest absolute Gasteiger partial charge is 0.468 e. The first-order chi connectivity index (χ1) is 7.11. The van der Waals surface area contributed by atoms with Gasteiger partial charge in [-0.3, -0.25) is 4.79 Å². The number of aryl methyl sites for hydroxylation is 1. The Hall–Kier alpha value is -0.940. The molecule has 0 spiro atoms. The van der Waals surface area contributed by atoms with E-state index < -0.39 is 11.9 Å². The van der Waals surface area contributed by atoms with Crippen LogP contribution in [0.4, 0.5) is 0 Å². The van der Waals surface area contributed by atoms with Crippen LogP contribution in [0.5, 0.6) is 0 Å². The van der Waals surface area contributed by atoms with Gasteiger partial charge in [0.2, 0.25) is 5.91 Å². The lowest BCUT2D eigenvalue weighted by Gasteiger charge is -2.05. The van der Waals surface area contributed by atoms with Gasteiger partial charge in [0.15, 0.2) is 0 Å². The van der Waals surface area contributed by atoms with Gasteiger partial charge in [0.25, 0.3) is 0 Å². The Morgan fingerprint density at radius 3 is 2.93 bits per heavy atom. The molecule has 0 aliphatic carbocycles. The molecule has 0 fully saturated rings. The second-order valence-electron chi connectivity index (χ2n) is 3.38. The number of primary amides is 1. The molecule has 0 aliphatic heterocycles. The zero-order valence-electron chi connectivity index (χ0n) is 8.73. The van der Waals surface area contributed by atoms with Gasteiger partial charge in [0.1, 0.15) is 5.76 Å². The highest BCUT2D eigenvalue weighted by molar-refractivity contribution is 7.98. The van der Waals surface area contributed by atoms with Crippen LogP contribution in [0.15, 0.2) is 16.7 Å². The lowest BCUT2D eigenvalue weighted by Crippen LogP contribution is -2.36. The van der Waals surface area contributed by atoms with Gasteiger partial charge in [-0.05, 0) is 30.7 Å². The molecule has 1 heterocycles. The van der Waals surface area contributed by atoms with E-state index in [0.29, 0.717) is 6.42 Å². The first kappa shape index (κ1) is 12.1. The van der Waals surface area contributed by atoms with Crippen molar-refractivity contribution >= 4 is 17.7 Å². The van der Waals surface area contributed by atoms with E-state index in [0.717, 1.165) is 22.8 Å². The maximum Gasteiger partial charge on any atom is 0.234 e. The summed E-state index contributed by atoms with van der Waals surface area (Å²) in [6, 6.07) is 1.40. The first-order valence-electron chi connectivity index (χ1n) is 4.77. The molecule has 1 amide bonds. The summed E-state index contributed by atoms with van der Waals surface area (Å²) in [5, 5.41) is 0. The molecule has 84 valence electrons. The molecule has 1 aromatic rings. The van der Waals surface area contributed by atoms with E-state index in [4.69, 9.17) is 15.9 Å². The van der Waals surface area contributed by atoms with E-state index in [1.54, 1.807) is 18.0 Å². The third kappa shape index (κ3) is 3.97. The summed E-state index contributed by atoms with van der Waals surface area (Å²) >= 11 is 1.69. The lowest BCUT2D eigenvalue weighted by molar-refractivity contribution is -0.119. The Morgan fingerprint density at radius 1 is 1.67 bits per heavy atom. The van der Waals surface area contributed by atoms with Crippen molar-refractivity contribution in [3.05, 3.63) is 23.7 Å². The summed E-state index contributed by atoms with van der Waals surface area (Å²) in [5.41, 5.74) is 11.7. The molecule has 0 radical (unpaired) electrons. The highest BCUT2D eigenvalue weighted by atomic mass is 32.2. The molecule has 0 aliphatic rings. The summed E-state index contributed by atoms with van der Waals surface area (Å²) in [4.78, 5) is 10.6. The fourth-order valence-electron chi connectivity index (χ4n) is 1.07. The molecule has 0 bridgehead atoms. The average molecular weight is 228 g/mol. The summed E-state index contributed by atoms with van der Waals surface area (Å²) < 4.78 is 5.28. The molecule has 1 rings (SSSR count). The summed E-state index contributed by atoms with van der Waals surface area (Å²) in [6.45, 7) is 2.01. The molecule has 0 saturated heterocycles. The van der Waals surface area contributed by atoms with E-state index in [9.17, 15) is 4.79 Å². The minimum absolute atomic E-state index is 0.440. The van der Waals surface area contributed by atoms with E-state index >= 15 is 0 Å².